The second kappa shape index (κ2) is 7.75. The number of benzene rings is 2. The van der Waals surface area contributed by atoms with E-state index in [4.69, 9.17) is 9.15 Å². The third-order valence-corrected chi connectivity index (χ3v) is 4.15. The molecule has 0 aliphatic carbocycles. The van der Waals surface area contributed by atoms with Gasteiger partial charge in [-0.25, -0.2) is 9.97 Å². The van der Waals surface area contributed by atoms with E-state index >= 15 is 0 Å². The largest absolute Gasteiger partial charge is 0.497 e. The maximum absolute atomic E-state index is 12.4. The molecule has 4 aromatic rings. The Morgan fingerprint density at radius 2 is 1.57 bits per heavy atom. The van der Waals surface area contributed by atoms with Gasteiger partial charge in [0.05, 0.1) is 24.8 Å². The number of nitrogens with one attached hydrogen (secondary N) is 1. The Morgan fingerprint density at radius 1 is 0.893 bits per heavy atom. The lowest BCUT2D eigenvalue weighted by molar-refractivity contribution is 0.0996. The summed E-state index contributed by atoms with van der Waals surface area (Å²) in [6.07, 6.45) is 1.44. The Hall–Kier alpha value is -3.93. The molecule has 0 fully saturated rings. The van der Waals surface area contributed by atoms with Crippen LogP contribution in [-0.2, 0) is 0 Å². The van der Waals surface area contributed by atoms with Crippen LogP contribution >= 0.6 is 0 Å². The quantitative estimate of drug-likeness (QED) is 0.552. The monoisotopic (exact) mass is 371 g/mol. The molecule has 138 valence electrons. The first-order chi connectivity index (χ1) is 13.7. The minimum atomic E-state index is -0.407. The Labute approximate surface area is 161 Å². The van der Waals surface area contributed by atoms with Gasteiger partial charge in [0.1, 0.15) is 5.75 Å². The third-order valence-electron chi connectivity index (χ3n) is 4.15. The molecule has 1 amide bonds. The molecule has 0 bridgehead atoms. The summed E-state index contributed by atoms with van der Waals surface area (Å²) in [6, 6.07) is 22.4. The summed E-state index contributed by atoms with van der Waals surface area (Å²) in [5.41, 5.74) is 3.20. The van der Waals surface area contributed by atoms with E-state index in [0.717, 1.165) is 16.9 Å². The number of rotatable bonds is 5. The number of hydrogen-bond acceptors (Lipinski definition) is 5. The molecule has 2 aromatic heterocycles. The lowest BCUT2D eigenvalue weighted by atomic mass is 10.1. The van der Waals surface area contributed by atoms with Crippen LogP contribution in [0.5, 0.6) is 5.75 Å². The van der Waals surface area contributed by atoms with Gasteiger partial charge in [-0.2, -0.15) is 0 Å². The number of methoxy groups -OCH3 is 1. The molecule has 0 saturated heterocycles. The fourth-order valence-electron chi connectivity index (χ4n) is 2.74. The molecule has 1 N–H and O–H groups in total. The van der Waals surface area contributed by atoms with Crippen molar-refractivity contribution >= 4 is 11.9 Å². The van der Waals surface area contributed by atoms with E-state index in [0.29, 0.717) is 11.4 Å². The molecule has 0 saturated carbocycles. The summed E-state index contributed by atoms with van der Waals surface area (Å²) in [6.45, 7) is 0. The number of carbonyl (C=O) groups excluding carboxylic acids is 1. The first-order valence-electron chi connectivity index (χ1n) is 8.67. The Balaban J connectivity index is 1.75. The van der Waals surface area contributed by atoms with Crippen LogP contribution in [0, 0.1) is 0 Å². The molecule has 0 unspecified atom stereocenters. The van der Waals surface area contributed by atoms with Crippen LogP contribution in [0.25, 0.3) is 22.5 Å². The van der Waals surface area contributed by atoms with Gasteiger partial charge in [0, 0.05) is 11.1 Å². The van der Waals surface area contributed by atoms with Gasteiger partial charge in [0.25, 0.3) is 5.91 Å². The molecule has 0 radical (unpaired) electrons. The lowest BCUT2D eigenvalue weighted by Gasteiger charge is -2.10. The van der Waals surface area contributed by atoms with Crippen LogP contribution in [0.1, 0.15) is 10.6 Å². The highest BCUT2D eigenvalue weighted by Gasteiger charge is 2.14. The van der Waals surface area contributed by atoms with E-state index in [1.807, 2.05) is 60.7 Å². The number of furan rings is 1. The summed E-state index contributed by atoms with van der Waals surface area (Å²) >= 11 is 0. The Morgan fingerprint density at radius 3 is 2.18 bits per heavy atom. The summed E-state index contributed by atoms with van der Waals surface area (Å²) in [4.78, 5) is 21.4. The van der Waals surface area contributed by atoms with E-state index < -0.39 is 5.91 Å². The highest BCUT2D eigenvalue weighted by atomic mass is 16.5. The molecule has 2 aromatic carbocycles. The van der Waals surface area contributed by atoms with Gasteiger partial charge in [-0.05, 0) is 42.5 Å². The van der Waals surface area contributed by atoms with Gasteiger partial charge in [-0.15, -0.1) is 0 Å². The normalized spacial score (nSPS) is 10.5. The van der Waals surface area contributed by atoms with E-state index in [-0.39, 0.29) is 11.7 Å². The number of amides is 1. The summed E-state index contributed by atoms with van der Waals surface area (Å²) in [5.74, 6) is 0.747. The second-order valence-corrected chi connectivity index (χ2v) is 5.99. The van der Waals surface area contributed by atoms with E-state index in [9.17, 15) is 4.79 Å². The van der Waals surface area contributed by atoms with Crippen molar-refractivity contribution in [2.75, 3.05) is 12.4 Å². The zero-order valence-electron chi connectivity index (χ0n) is 15.1. The number of nitrogens with zero attached hydrogens (tertiary/aromatic N) is 2. The predicted molar refractivity (Wildman–Crippen MR) is 106 cm³/mol. The molecular formula is C22H17N3O3. The first kappa shape index (κ1) is 17.5. The Kier molecular flexibility index (Phi) is 4.84. The van der Waals surface area contributed by atoms with Gasteiger partial charge in [0.15, 0.2) is 5.76 Å². The van der Waals surface area contributed by atoms with Crippen molar-refractivity contribution in [3.63, 3.8) is 0 Å². The zero-order chi connectivity index (χ0) is 19.3. The zero-order valence-corrected chi connectivity index (χ0v) is 15.1. The SMILES string of the molecule is COc1ccc(-c2cc(-c3ccccc3)nc(NC(=O)c3ccco3)n2)cc1. The second-order valence-electron chi connectivity index (χ2n) is 5.99. The maximum atomic E-state index is 12.4. The lowest BCUT2D eigenvalue weighted by Crippen LogP contribution is -2.14. The number of ether oxygens (including phenoxy) is 1. The van der Waals surface area contributed by atoms with Crippen LogP contribution in [0.4, 0.5) is 5.95 Å². The van der Waals surface area contributed by atoms with Gasteiger partial charge in [0.2, 0.25) is 5.95 Å². The van der Waals surface area contributed by atoms with Crippen molar-refractivity contribution in [1.82, 2.24) is 9.97 Å². The number of aromatic nitrogens is 2. The van der Waals surface area contributed by atoms with Crippen LogP contribution in [0.2, 0.25) is 0 Å². The molecule has 2 heterocycles. The van der Waals surface area contributed by atoms with Crippen molar-refractivity contribution in [2.24, 2.45) is 0 Å². The standard InChI is InChI=1S/C22H17N3O3/c1-27-17-11-9-16(10-12-17)19-14-18(15-6-3-2-4-7-15)23-22(24-19)25-21(26)20-8-5-13-28-20/h2-14H,1H3,(H,23,24,25,26). The van der Waals surface area contributed by atoms with Crippen LogP contribution < -0.4 is 10.1 Å². The van der Waals surface area contributed by atoms with Crippen molar-refractivity contribution in [3.8, 4) is 28.3 Å². The Bertz CT molecular complexity index is 1080. The van der Waals surface area contributed by atoms with Crippen LogP contribution in [0.15, 0.2) is 83.5 Å². The minimum Gasteiger partial charge on any atom is -0.497 e. The van der Waals surface area contributed by atoms with Gasteiger partial charge >= 0.3 is 0 Å². The minimum absolute atomic E-state index is 0.194. The van der Waals surface area contributed by atoms with Crippen molar-refractivity contribution < 1.29 is 13.9 Å². The molecular weight excluding hydrogens is 354 g/mol. The van der Waals surface area contributed by atoms with Gasteiger partial charge < -0.3 is 9.15 Å². The highest BCUT2D eigenvalue weighted by Crippen LogP contribution is 2.26. The molecule has 4 rings (SSSR count). The third kappa shape index (κ3) is 3.76. The number of anilines is 1. The summed E-state index contributed by atoms with van der Waals surface area (Å²) in [5, 5.41) is 2.71. The van der Waals surface area contributed by atoms with Crippen molar-refractivity contribution in [2.45, 2.75) is 0 Å². The molecule has 0 spiro atoms. The van der Waals surface area contributed by atoms with Crippen LogP contribution in [-0.4, -0.2) is 23.0 Å². The van der Waals surface area contributed by atoms with Crippen molar-refractivity contribution in [1.29, 1.82) is 0 Å². The fourth-order valence-corrected chi connectivity index (χ4v) is 2.74. The molecule has 6 heteroatoms. The van der Waals surface area contributed by atoms with Crippen LogP contribution in [0.3, 0.4) is 0 Å². The van der Waals surface area contributed by atoms with Gasteiger partial charge in [-0.3, -0.25) is 10.1 Å². The topological polar surface area (TPSA) is 77.2 Å². The molecule has 0 aliphatic heterocycles. The molecule has 0 atom stereocenters. The number of hydrogen-bond donors (Lipinski definition) is 1. The highest BCUT2D eigenvalue weighted by molar-refractivity contribution is 6.01. The van der Waals surface area contributed by atoms with E-state index in [1.165, 1.54) is 6.26 Å². The maximum Gasteiger partial charge on any atom is 0.293 e. The van der Waals surface area contributed by atoms with E-state index in [2.05, 4.69) is 15.3 Å². The molecule has 0 aliphatic rings. The first-order valence-corrected chi connectivity index (χ1v) is 8.67. The van der Waals surface area contributed by atoms with E-state index in [1.54, 1.807) is 19.2 Å². The van der Waals surface area contributed by atoms with Crippen molar-refractivity contribution in [3.05, 3.63) is 84.8 Å². The predicted octanol–water partition coefficient (Wildman–Crippen LogP) is 4.66. The smallest absolute Gasteiger partial charge is 0.293 e. The average molecular weight is 371 g/mol. The molecule has 6 nitrogen and oxygen atoms in total. The summed E-state index contributed by atoms with van der Waals surface area (Å²) < 4.78 is 10.4. The average Bonchev–Trinajstić information content (AvgIpc) is 3.29. The van der Waals surface area contributed by atoms with Gasteiger partial charge in [-0.1, -0.05) is 30.3 Å². The summed E-state index contributed by atoms with van der Waals surface area (Å²) in [7, 11) is 1.62. The molecule has 28 heavy (non-hydrogen) atoms. The number of carbonyl (C=O) groups is 1. The fraction of sp³-hybridized carbons (Fsp3) is 0.0455.